The third-order valence-electron chi connectivity index (χ3n) is 2.33. The van der Waals surface area contributed by atoms with Gasteiger partial charge in [-0.1, -0.05) is 12.8 Å². The minimum atomic E-state index is -1.49. The molecule has 0 aliphatic heterocycles. The van der Waals surface area contributed by atoms with Crippen molar-refractivity contribution in [1.29, 1.82) is 0 Å². The number of ketones is 2. The van der Waals surface area contributed by atoms with Crippen LogP contribution < -0.4 is 0 Å². The molecule has 0 radical (unpaired) electrons. The van der Waals surface area contributed by atoms with Crippen molar-refractivity contribution in [2.75, 3.05) is 0 Å². The largest absolute Gasteiger partial charge is 0.475 e. The zero-order valence-electron chi connectivity index (χ0n) is 7.28. The summed E-state index contributed by atoms with van der Waals surface area (Å²) in [6.45, 7) is 0. The van der Waals surface area contributed by atoms with Gasteiger partial charge in [0.05, 0.1) is 5.92 Å². The maximum atomic E-state index is 11.3. The van der Waals surface area contributed by atoms with E-state index >= 15 is 0 Å². The summed E-state index contributed by atoms with van der Waals surface area (Å²) in [6.07, 6.45) is 3.22. The van der Waals surface area contributed by atoms with Crippen molar-refractivity contribution < 1.29 is 19.5 Å². The second-order valence-electron chi connectivity index (χ2n) is 3.29. The Bertz CT molecular complexity index is 244. The monoisotopic (exact) mass is 184 g/mol. The van der Waals surface area contributed by atoms with Crippen LogP contribution in [0.15, 0.2) is 0 Å². The molecule has 0 spiro atoms. The number of aliphatic carboxylic acids is 1. The molecular weight excluding hydrogens is 172 g/mol. The molecule has 0 heterocycles. The number of carbonyl (C=O) groups is 3. The lowest BCUT2D eigenvalue weighted by molar-refractivity contribution is -0.153. The number of carboxylic acid groups (broad SMARTS) is 1. The van der Waals surface area contributed by atoms with Crippen molar-refractivity contribution in [3.63, 3.8) is 0 Å². The molecule has 13 heavy (non-hydrogen) atoms. The van der Waals surface area contributed by atoms with Crippen LogP contribution in [0.4, 0.5) is 0 Å². The third-order valence-corrected chi connectivity index (χ3v) is 2.33. The Hall–Kier alpha value is -1.19. The molecule has 0 bridgehead atoms. The van der Waals surface area contributed by atoms with Crippen LogP contribution in [-0.2, 0) is 14.4 Å². The second-order valence-corrected chi connectivity index (χ2v) is 3.29. The average molecular weight is 184 g/mol. The van der Waals surface area contributed by atoms with Crippen LogP contribution in [-0.4, -0.2) is 22.6 Å². The normalized spacial score (nSPS) is 23.7. The van der Waals surface area contributed by atoms with E-state index in [1.165, 1.54) is 0 Å². The van der Waals surface area contributed by atoms with Crippen LogP contribution in [0.1, 0.15) is 32.1 Å². The number of rotatable bonds is 2. The van der Waals surface area contributed by atoms with E-state index in [9.17, 15) is 14.4 Å². The average Bonchev–Trinajstić information content (AvgIpc) is 2.28. The summed E-state index contributed by atoms with van der Waals surface area (Å²) in [4.78, 5) is 32.7. The Labute approximate surface area is 75.9 Å². The summed E-state index contributed by atoms with van der Waals surface area (Å²) in [5.41, 5.74) is 0. The topological polar surface area (TPSA) is 71.4 Å². The molecule has 0 aromatic rings. The van der Waals surface area contributed by atoms with Gasteiger partial charge in [-0.25, -0.2) is 4.79 Å². The molecule has 72 valence electrons. The van der Waals surface area contributed by atoms with E-state index in [4.69, 9.17) is 5.11 Å². The van der Waals surface area contributed by atoms with Crippen LogP contribution in [0.5, 0.6) is 0 Å². The van der Waals surface area contributed by atoms with Gasteiger partial charge in [-0.05, 0) is 12.8 Å². The standard InChI is InChI=1S/C9H12O4/c10-7-5-3-1-2-4-6(7)8(11)9(12)13/h6H,1-5H2,(H,12,13). The molecule has 0 amide bonds. The van der Waals surface area contributed by atoms with Crippen LogP contribution in [0.25, 0.3) is 0 Å². The minimum Gasteiger partial charge on any atom is -0.475 e. The van der Waals surface area contributed by atoms with E-state index in [1.54, 1.807) is 0 Å². The fourth-order valence-corrected chi connectivity index (χ4v) is 1.59. The first kappa shape index (κ1) is 9.89. The molecule has 1 atom stereocenters. The fourth-order valence-electron chi connectivity index (χ4n) is 1.59. The first-order valence-corrected chi connectivity index (χ1v) is 4.43. The fraction of sp³-hybridized carbons (Fsp3) is 0.667. The lowest BCUT2D eigenvalue weighted by Gasteiger charge is -2.07. The summed E-state index contributed by atoms with van der Waals surface area (Å²) in [6, 6.07) is 0. The smallest absolute Gasteiger partial charge is 0.372 e. The summed E-state index contributed by atoms with van der Waals surface area (Å²) in [7, 11) is 0. The Morgan fingerprint density at radius 3 is 2.54 bits per heavy atom. The zero-order chi connectivity index (χ0) is 9.84. The molecule has 1 unspecified atom stereocenters. The highest BCUT2D eigenvalue weighted by atomic mass is 16.4. The molecule has 0 aromatic heterocycles. The summed E-state index contributed by atoms with van der Waals surface area (Å²) in [5.74, 6) is -3.50. The van der Waals surface area contributed by atoms with E-state index in [0.717, 1.165) is 19.3 Å². The van der Waals surface area contributed by atoms with Gasteiger partial charge in [0.15, 0.2) is 0 Å². The molecule has 1 fully saturated rings. The summed E-state index contributed by atoms with van der Waals surface area (Å²) in [5, 5.41) is 8.44. The van der Waals surface area contributed by atoms with Crippen molar-refractivity contribution in [2.24, 2.45) is 5.92 Å². The molecular formula is C9H12O4. The maximum Gasteiger partial charge on any atom is 0.372 e. The Morgan fingerprint density at radius 2 is 1.92 bits per heavy atom. The van der Waals surface area contributed by atoms with Gasteiger partial charge in [0.1, 0.15) is 5.78 Å². The van der Waals surface area contributed by atoms with Crippen molar-refractivity contribution >= 4 is 17.5 Å². The Balaban J connectivity index is 2.70. The molecule has 1 saturated carbocycles. The van der Waals surface area contributed by atoms with Gasteiger partial charge < -0.3 is 5.11 Å². The molecule has 1 aliphatic rings. The van der Waals surface area contributed by atoms with E-state index in [-0.39, 0.29) is 5.78 Å². The molecule has 1 aliphatic carbocycles. The van der Waals surface area contributed by atoms with E-state index < -0.39 is 17.7 Å². The zero-order valence-corrected chi connectivity index (χ0v) is 7.28. The van der Waals surface area contributed by atoms with Crippen LogP contribution in [0, 0.1) is 5.92 Å². The van der Waals surface area contributed by atoms with E-state index in [2.05, 4.69) is 0 Å². The van der Waals surface area contributed by atoms with Gasteiger partial charge in [-0.15, -0.1) is 0 Å². The number of hydrogen-bond donors (Lipinski definition) is 1. The third kappa shape index (κ3) is 2.37. The maximum absolute atomic E-state index is 11.3. The predicted octanol–water partition coefficient (Wildman–Crippen LogP) is 0.789. The van der Waals surface area contributed by atoms with Crippen molar-refractivity contribution in [2.45, 2.75) is 32.1 Å². The second kappa shape index (κ2) is 4.16. The van der Waals surface area contributed by atoms with Gasteiger partial charge >= 0.3 is 5.97 Å². The highest BCUT2D eigenvalue weighted by Crippen LogP contribution is 2.20. The first-order chi connectivity index (χ1) is 6.13. The number of carboxylic acids is 1. The molecule has 4 nitrogen and oxygen atoms in total. The summed E-state index contributed by atoms with van der Waals surface area (Å²) < 4.78 is 0. The van der Waals surface area contributed by atoms with Gasteiger partial charge in [0.2, 0.25) is 5.78 Å². The van der Waals surface area contributed by atoms with Crippen molar-refractivity contribution in [3.8, 4) is 0 Å². The van der Waals surface area contributed by atoms with Crippen molar-refractivity contribution in [1.82, 2.24) is 0 Å². The summed E-state index contributed by atoms with van der Waals surface area (Å²) >= 11 is 0. The molecule has 0 saturated heterocycles. The molecule has 1 rings (SSSR count). The highest BCUT2D eigenvalue weighted by molar-refractivity contribution is 6.37. The van der Waals surface area contributed by atoms with Gasteiger partial charge in [-0.3, -0.25) is 9.59 Å². The minimum absolute atomic E-state index is 0.204. The Kier molecular flexibility index (Phi) is 3.17. The number of hydrogen-bond acceptors (Lipinski definition) is 3. The van der Waals surface area contributed by atoms with Crippen LogP contribution >= 0.6 is 0 Å². The van der Waals surface area contributed by atoms with E-state index in [0.29, 0.717) is 12.8 Å². The number of carbonyl (C=O) groups excluding carboxylic acids is 2. The SMILES string of the molecule is O=C(O)C(=O)C1CCCCCC1=O. The Morgan fingerprint density at radius 1 is 1.23 bits per heavy atom. The molecule has 4 heteroatoms. The van der Waals surface area contributed by atoms with E-state index in [1.807, 2.05) is 0 Å². The van der Waals surface area contributed by atoms with Crippen molar-refractivity contribution in [3.05, 3.63) is 0 Å². The molecule has 1 N–H and O–H groups in total. The lowest BCUT2D eigenvalue weighted by atomic mass is 9.94. The van der Waals surface area contributed by atoms with Crippen LogP contribution in [0.3, 0.4) is 0 Å². The van der Waals surface area contributed by atoms with Gasteiger partial charge in [0, 0.05) is 6.42 Å². The lowest BCUT2D eigenvalue weighted by Crippen LogP contribution is -2.29. The number of Topliss-reactive ketones (excluding diaryl/α,β-unsaturated/α-hetero) is 2. The molecule has 0 aromatic carbocycles. The highest BCUT2D eigenvalue weighted by Gasteiger charge is 2.31. The quantitative estimate of drug-likeness (QED) is 0.391. The first-order valence-electron chi connectivity index (χ1n) is 4.43. The van der Waals surface area contributed by atoms with Crippen LogP contribution in [0.2, 0.25) is 0 Å². The van der Waals surface area contributed by atoms with Gasteiger partial charge in [0.25, 0.3) is 0 Å². The van der Waals surface area contributed by atoms with Gasteiger partial charge in [-0.2, -0.15) is 0 Å². The predicted molar refractivity (Wildman–Crippen MR) is 44.2 cm³/mol.